The van der Waals surface area contributed by atoms with E-state index in [1.165, 1.54) is 36.6 Å². The van der Waals surface area contributed by atoms with E-state index in [0.717, 1.165) is 28.9 Å². The quantitative estimate of drug-likeness (QED) is 0.842. The molecule has 0 bridgehead atoms. The van der Waals surface area contributed by atoms with Gasteiger partial charge in [0, 0.05) is 25.1 Å². The van der Waals surface area contributed by atoms with Crippen molar-refractivity contribution in [3.63, 3.8) is 0 Å². The van der Waals surface area contributed by atoms with Gasteiger partial charge in [-0.2, -0.15) is 9.61 Å². The van der Waals surface area contributed by atoms with Crippen molar-refractivity contribution in [2.45, 2.75) is 38.0 Å². The molecule has 100 valence electrons. The maximum Gasteiger partial charge on any atom is 0.277 e. The zero-order valence-corrected chi connectivity index (χ0v) is 11.5. The average molecular weight is 276 g/mol. The topological polar surface area (TPSA) is 50.5 Å². The molecule has 1 aliphatic carbocycles. The van der Waals surface area contributed by atoms with Crippen LogP contribution in [0.2, 0.25) is 0 Å². The summed E-state index contributed by atoms with van der Waals surface area (Å²) in [7, 11) is 0. The van der Waals surface area contributed by atoms with Crippen LogP contribution in [0, 0.1) is 0 Å². The average Bonchev–Trinajstić information content (AvgIpc) is 3.20. The highest BCUT2D eigenvalue weighted by Crippen LogP contribution is 2.41. The Bertz CT molecular complexity index is 667. The Labute approximate surface area is 114 Å². The largest absolute Gasteiger partial charge is 0.356 e. The molecule has 4 rings (SSSR count). The molecule has 0 N–H and O–H groups in total. The van der Waals surface area contributed by atoms with Gasteiger partial charge in [-0.15, -0.1) is 0 Å². The first kappa shape index (κ1) is 11.4. The summed E-state index contributed by atoms with van der Waals surface area (Å²) in [5, 5.41) is 5.47. The van der Waals surface area contributed by atoms with Gasteiger partial charge >= 0.3 is 0 Å². The van der Waals surface area contributed by atoms with Crippen LogP contribution in [-0.4, -0.2) is 27.7 Å². The fourth-order valence-corrected chi connectivity index (χ4v) is 3.66. The van der Waals surface area contributed by atoms with Gasteiger partial charge in [-0.25, -0.2) is 4.98 Å². The van der Waals surface area contributed by atoms with Crippen LogP contribution in [0.25, 0.3) is 4.96 Å². The number of hydrogen-bond acceptors (Lipinski definition) is 5. The van der Waals surface area contributed by atoms with Gasteiger partial charge in [0.05, 0.1) is 0 Å². The van der Waals surface area contributed by atoms with E-state index in [1.807, 2.05) is 0 Å². The molecule has 1 aliphatic heterocycles. The smallest absolute Gasteiger partial charge is 0.277 e. The van der Waals surface area contributed by atoms with Crippen LogP contribution in [-0.2, 0) is 0 Å². The molecule has 3 heterocycles. The van der Waals surface area contributed by atoms with Crippen LogP contribution in [0.4, 0.5) is 5.82 Å². The van der Waals surface area contributed by atoms with Crippen molar-refractivity contribution in [2.24, 2.45) is 0 Å². The number of hydrogen-bond donors (Lipinski definition) is 0. The van der Waals surface area contributed by atoms with Crippen LogP contribution in [0.3, 0.4) is 0 Å². The molecular formula is C13H16N4OS. The van der Waals surface area contributed by atoms with Crippen molar-refractivity contribution in [3.05, 3.63) is 21.4 Å². The second kappa shape index (κ2) is 4.30. The van der Waals surface area contributed by atoms with Gasteiger partial charge in [0.1, 0.15) is 10.8 Å². The van der Waals surface area contributed by atoms with E-state index in [4.69, 9.17) is 0 Å². The molecule has 0 aromatic carbocycles. The second-order valence-electron chi connectivity index (χ2n) is 5.41. The summed E-state index contributed by atoms with van der Waals surface area (Å²) in [5.74, 6) is 1.40. The normalized spacial score (nSPS) is 20.1. The lowest BCUT2D eigenvalue weighted by atomic mass is 10.1. The first-order chi connectivity index (χ1) is 9.31. The molecule has 0 unspecified atom stereocenters. The predicted octanol–water partition coefficient (Wildman–Crippen LogP) is 2.02. The standard InChI is InChI=1S/C13H16N4OS/c18-11-8-10(16-6-2-1-3-7-16)14-13-17(11)15-12(19-13)9-4-5-9/h8-9H,1-7H2. The maximum atomic E-state index is 12.1. The highest BCUT2D eigenvalue weighted by Gasteiger charge is 2.28. The van der Waals surface area contributed by atoms with Crippen molar-refractivity contribution in [3.8, 4) is 0 Å². The summed E-state index contributed by atoms with van der Waals surface area (Å²) >= 11 is 1.57. The molecule has 0 spiro atoms. The van der Waals surface area contributed by atoms with Crippen LogP contribution < -0.4 is 10.5 Å². The monoisotopic (exact) mass is 276 g/mol. The van der Waals surface area contributed by atoms with Gasteiger partial charge < -0.3 is 4.90 Å². The fourth-order valence-electron chi connectivity index (χ4n) is 2.59. The molecule has 19 heavy (non-hydrogen) atoms. The Balaban J connectivity index is 1.77. The Morgan fingerprint density at radius 2 is 2.00 bits per heavy atom. The minimum Gasteiger partial charge on any atom is -0.356 e. The van der Waals surface area contributed by atoms with Crippen LogP contribution in [0.5, 0.6) is 0 Å². The van der Waals surface area contributed by atoms with E-state index in [2.05, 4.69) is 15.0 Å². The molecular weight excluding hydrogens is 260 g/mol. The van der Waals surface area contributed by atoms with Gasteiger partial charge in [0.2, 0.25) is 4.96 Å². The lowest BCUT2D eigenvalue weighted by molar-refractivity contribution is 0.573. The third kappa shape index (κ3) is 2.04. The number of nitrogens with zero attached hydrogens (tertiary/aromatic N) is 4. The SMILES string of the molecule is O=c1cc(N2CCCCC2)nc2sc(C3CC3)nn12. The molecule has 5 nitrogen and oxygen atoms in total. The molecule has 0 atom stereocenters. The van der Waals surface area contributed by atoms with Gasteiger partial charge in [0.15, 0.2) is 0 Å². The van der Waals surface area contributed by atoms with Crippen molar-refractivity contribution in [1.82, 2.24) is 14.6 Å². The summed E-state index contributed by atoms with van der Waals surface area (Å²) in [4.78, 5) is 19.7. The Morgan fingerprint density at radius 3 is 2.74 bits per heavy atom. The zero-order valence-electron chi connectivity index (χ0n) is 10.7. The van der Waals surface area contributed by atoms with Crippen molar-refractivity contribution in [1.29, 1.82) is 0 Å². The zero-order chi connectivity index (χ0) is 12.8. The number of anilines is 1. The fraction of sp³-hybridized carbons (Fsp3) is 0.615. The molecule has 0 amide bonds. The summed E-state index contributed by atoms with van der Waals surface area (Å²) in [5.41, 5.74) is -0.0475. The van der Waals surface area contributed by atoms with Crippen molar-refractivity contribution in [2.75, 3.05) is 18.0 Å². The highest BCUT2D eigenvalue weighted by molar-refractivity contribution is 7.16. The molecule has 2 aliphatic rings. The third-order valence-corrected chi connectivity index (χ3v) is 4.92. The van der Waals surface area contributed by atoms with E-state index in [1.54, 1.807) is 17.4 Å². The Kier molecular flexibility index (Phi) is 2.58. The van der Waals surface area contributed by atoms with Crippen LogP contribution in [0.1, 0.15) is 43.0 Å². The van der Waals surface area contributed by atoms with E-state index in [-0.39, 0.29) is 5.56 Å². The molecule has 6 heteroatoms. The van der Waals surface area contributed by atoms with Gasteiger partial charge in [-0.1, -0.05) is 11.3 Å². The molecule has 2 aromatic rings. The Morgan fingerprint density at radius 1 is 1.21 bits per heavy atom. The molecule has 2 aromatic heterocycles. The minimum absolute atomic E-state index is 0.0475. The Hall–Kier alpha value is -1.43. The van der Waals surface area contributed by atoms with Gasteiger partial charge in [-0.3, -0.25) is 4.79 Å². The van der Waals surface area contributed by atoms with Crippen molar-refractivity contribution >= 4 is 22.1 Å². The number of fused-ring (bicyclic) bond motifs is 1. The second-order valence-corrected chi connectivity index (χ2v) is 6.40. The number of piperidine rings is 1. The molecule has 1 saturated carbocycles. The van der Waals surface area contributed by atoms with E-state index >= 15 is 0 Å². The molecule has 0 radical (unpaired) electrons. The summed E-state index contributed by atoms with van der Waals surface area (Å²) in [6.07, 6.45) is 6.07. The van der Waals surface area contributed by atoms with Gasteiger partial charge in [-0.05, 0) is 32.1 Å². The van der Waals surface area contributed by atoms with Gasteiger partial charge in [0.25, 0.3) is 5.56 Å². The summed E-state index contributed by atoms with van der Waals surface area (Å²) in [6.45, 7) is 2.02. The predicted molar refractivity (Wildman–Crippen MR) is 75.2 cm³/mol. The summed E-state index contributed by atoms with van der Waals surface area (Å²) in [6, 6.07) is 1.63. The van der Waals surface area contributed by atoms with Crippen molar-refractivity contribution < 1.29 is 0 Å². The number of aromatic nitrogens is 3. The first-order valence-corrected chi connectivity index (χ1v) is 7.79. The van der Waals surface area contributed by atoms with E-state index in [0.29, 0.717) is 5.92 Å². The van der Waals surface area contributed by atoms with Crippen LogP contribution in [0.15, 0.2) is 10.9 Å². The minimum atomic E-state index is -0.0475. The molecule has 1 saturated heterocycles. The number of rotatable bonds is 2. The van der Waals surface area contributed by atoms with E-state index in [9.17, 15) is 4.79 Å². The maximum absolute atomic E-state index is 12.1. The lowest BCUT2D eigenvalue weighted by Crippen LogP contribution is -2.31. The summed E-state index contributed by atoms with van der Waals surface area (Å²) < 4.78 is 1.46. The first-order valence-electron chi connectivity index (χ1n) is 6.97. The lowest BCUT2D eigenvalue weighted by Gasteiger charge is -2.27. The molecule has 2 fully saturated rings. The van der Waals surface area contributed by atoms with E-state index < -0.39 is 0 Å². The third-order valence-electron chi connectivity index (χ3n) is 3.85. The van der Waals surface area contributed by atoms with Crippen LogP contribution >= 0.6 is 11.3 Å². The highest BCUT2D eigenvalue weighted by atomic mass is 32.1.